The van der Waals surface area contributed by atoms with Crippen molar-refractivity contribution in [1.82, 2.24) is 4.90 Å². The Bertz CT molecular complexity index is 1210. The highest BCUT2D eigenvalue weighted by Crippen LogP contribution is 2.40. The molecular weight excluding hydrogens is 558 g/mol. The standard InChI is InChI=1S/C24H24ClN3O10S/c1-2-39-22-19(11-12-36-24(31)38-14-16-5-9-18(10-6-16)28(34)35)21(29)26(22)20(25)23(30)37-13-15-3-7-17(8-4-15)27(32)33/h3-10,19-20,22H,2,11-14H2,1H3. The molecule has 0 bridgehead atoms. The number of carbonyl (C=O) groups is 3. The number of ether oxygens (including phenoxy) is 3. The van der Waals surface area contributed by atoms with E-state index in [1.165, 1.54) is 65.2 Å². The molecule has 208 valence electrons. The lowest BCUT2D eigenvalue weighted by molar-refractivity contribution is -0.385. The van der Waals surface area contributed by atoms with Gasteiger partial charge in [-0.2, -0.15) is 0 Å². The quantitative estimate of drug-likeness (QED) is 0.0820. The minimum atomic E-state index is -1.37. The first kappa shape index (κ1) is 29.6. The first-order chi connectivity index (χ1) is 18.6. The zero-order valence-electron chi connectivity index (χ0n) is 20.6. The van der Waals surface area contributed by atoms with E-state index in [4.69, 9.17) is 25.8 Å². The number of thioether (sulfide) groups is 1. The Balaban J connectivity index is 1.44. The lowest BCUT2D eigenvalue weighted by atomic mass is 9.94. The molecule has 2 aromatic carbocycles. The molecule has 0 saturated carbocycles. The van der Waals surface area contributed by atoms with Gasteiger partial charge in [0, 0.05) is 24.3 Å². The van der Waals surface area contributed by atoms with E-state index < -0.39 is 44.7 Å². The summed E-state index contributed by atoms with van der Waals surface area (Å²) >= 11 is 7.65. The lowest BCUT2D eigenvalue weighted by Crippen LogP contribution is -2.63. The number of halogens is 1. The second kappa shape index (κ2) is 13.8. The molecule has 15 heteroatoms. The summed E-state index contributed by atoms with van der Waals surface area (Å²) < 4.78 is 15.2. The summed E-state index contributed by atoms with van der Waals surface area (Å²) in [5, 5.41) is 21.0. The highest BCUT2D eigenvalue weighted by atomic mass is 35.5. The van der Waals surface area contributed by atoms with Crippen LogP contribution in [0.25, 0.3) is 0 Å². The van der Waals surface area contributed by atoms with Gasteiger partial charge in [-0.1, -0.05) is 18.5 Å². The first-order valence-corrected chi connectivity index (χ1v) is 13.1. The number of non-ortho nitro benzene ring substituents is 2. The predicted molar refractivity (Wildman–Crippen MR) is 139 cm³/mol. The molecule has 0 spiro atoms. The van der Waals surface area contributed by atoms with Crippen LogP contribution in [0.15, 0.2) is 48.5 Å². The van der Waals surface area contributed by atoms with E-state index in [1.54, 1.807) is 0 Å². The molecule has 0 N–H and O–H groups in total. The molecule has 1 saturated heterocycles. The van der Waals surface area contributed by atoms with E-state index in [9.17, 15) is 34.6 Å². The number of hydrogen-bond acceptors (Lipinski definition) is 11. The number of hydrogen-bond donors (Lipinski definition) is 0. The molecule has 0 radical (unpaired) electrons. The van der Waals surface area contributed by atoms with Crippen molar-refractivity contribution < 1.29 is 38.4 Å². The fourth-order valence-corrected chi connectivity index (χ4v) is 5.20. The van der Waals surface area contributed by atoms with Gasteiger partial charge in [-0.05, 0) is 47.6 Å². The van der Waals surface area contributed by atoms with E-state index >= 15 is 0 Å². The van der Waals surface area contributed by atoms with Gasteiger partial charge in [0.25, 0.3) is 11.4 Å². The number of amides is 1. The van der Waals surface area contributed by atoms with E-state index in [-0.39, 0.29) is 37.6 Å². The SMILES string of the molecule is CCSC1C(CCOC(=O)OCc2ccc([N+](=O)[O-])cc2)C(=O)N1C(Cl)C(=O)OCc1ccc([N+](=O)[O-])cc1. The van der Waals surface area contributed by atoms with E-state index in [0.717, 1.165) is 0 Å². The Morgan fingerprint density at radius 1 is 0.949 bits per heavy atom. The average Bonchev–Trinajstić information content (AvgIpc) is 2.93. The van der Waals surface area contributed by atoms with Crippen LogP contribution in [0, 0.1) is 26.1 Å². The number of likely N-dealkylation sites (tertiary alicyclic amines) is 1. The third kappa shape index (κ3) is 7.80. The molecule has 1 amide bonds. The number of esters is 1. The van der Waals surface area contributed by atoms with Gasteiger partial charge in [0.15, 0.2) is 0 Å². The lowest BCUT2D eigenvalue weighted by Gasteiger charge is -2.47. The van der Waals surface area contributed by atoms with Crippen LogP contribution in [-0.4, -0.2) is 56.0 Å². The topological polar surface area (TPSA) is 168 Å². The third-order valence-corrected chi connectivity index (χ3v) is 7.27. The van der Waals surface area contributed by atoms with Crippen molar-refractivity contribution in [3.63, 3.8) is 0 Å². The van der Waals surface area contributed by atoms with Crippen LogP contribution in [-0.2, 0) is 37.0 Å². The number of carbonyl (C=O) groups excluding carboxylic acids is 3. The molecule has 0 aliphatic carbocycles. The minimum absolute atomic E-state index is 0.0861. The second-order valence-electron chi connectivity index (χ2n) is 8.16. The van der Waals surface area contributed by atoms with Crippen LogP contribution in [0.4, 0.5) is 16.2 Å². The van der Waals surface area contributed by atoms with Gasteiger partial charge in [-0.25, -0.2) is 9.59 Å². The molecular formula is C24H24ClN3O10S. The summed E-state index contributed by atoms with van der Waals surface area (Å²) in [5.74, 6) is -1.14. The maximum atomic E-state index is 12.8. The molecule has 13 nitrogen and oxygen atoms in total. The molecule has 1 fully saturated rings. The minimum Gasteiger partial charge on any atom is -0.458 e. The van der Waals surface area contributed by atoms with Gasteiger partial charge in [0.2, 0.25) is 11.4 Å². The highest BCUT2D eigenvalue weighted by Gasteiger charge is 2.51. The van der Waals surface area contributed by atoms with Crippen molar-refractivity contribution in [3.05, 3.63) is 79.9 Å². The van der Waals surface area contributed by atoms with Crippen LogP contribution < -0.4 is 0 Å². The number of nitrogens with zero attached hydrogens (tertiary/aromatic N) is 3. The van der Waals surface area contributed by atoms with Gasteiger partial charge in [-0.3, -0.25) is 25.0 Å². The molecule has 3 rings (SSSR count). The van der Waals surface area contributed by atoms with Gasteiger partial charge < -0.3 is 19.1 Å². The molecule has 1 aliphatic rings. The monoisotopic (exact) mass is 581 g/mol. The van der Waals surface area contributed by atoms with E-state index in [2.05, 4.69) is 0 Å². The van der Waals surface area contributed by atoms with Gasteiger partial charge in [0.1, 0.15) is 13.2 Å². The molecule has 1 heterocycles. The third-order valence-electron chi connectivity index (χ3n) is 5.65. The van der Waals surface area contributed by atoms with Crippen LogP contribution in [0.1, 0.15) is 24.5 Å². The average molecular weight is 582 g/mol. The summed E-state index contributed by atoms with van der Waals surface area (Å²) in [6.07, 6.45) is -0.775. The van der Waals surface area contributed by atoms with Crippen molar-refractivity contribution in [2.24, 2.45) is 5.92 Å². The Morgan fingerprint density at radius 3 is 1.95 bits per heavy atom. The van der Waals surface area contributed by atoms with Crippen LogP contribution >= 0.6 is 23.4 Å². The molecule has 1 aliphatic heterocycles. The number of β-lactam (4-membered cyclic amide) rings is 1. The summed E-state index contributed by atoms with van der Waals surface area (Å²) in [4.78, 5) is 58.7. The number of benzene rings is 2. The summed E-state index contributed by atoms with van der Waals surface area (Å²) in [5.41, 5.74) is -0.503. The smallest absolute Gasteiger partial charge is 0.458 e. The van der Waals surface area contributed by atoms with Crippen LogP contribution in [0.5, 0.6) is 0 Å². The van der Waals surface area contributed by atoms with Crippen molar-refractivity contribution in [1.29, 1.82) is 0 Å². The highest BCUT2D eigenvalue weighted by molar-refractivity contribution is 7.99. The van der Waals surface area contributed by atoms with Gasteiger partial charge in [-0.15, -0.1) is 11.8 Å². The van der Waals surface area contributed by atoms with Crippen molar-refractivity contribution >= 4 is 52.8 Å². The molecule has 3 atom stereocenters. The van der Waals surface area contributed by atoms with Gasteiger partial charge in [0.05, 0.1) is 27.7 Å². The number of alkyl halides is 1. The van der Waals surface area contributed by atoms with E-state index in [0.29, 0.717) is 16.9 Å². The first-order valence-electron chi connectivity index (χ1n) is 11.6. The second-order valence-corrected chi connectivity index (χ2v) is 9.97. The molecule has 39 heavy (non-hydrogen) atoms. The zero-order chi connectivity index (χ0) is 28.5. The van der Waals surface area contributed by atoms with Gasteiger partial charge >= 0.3 is 12.1 Å². The number of nitro groups is 2. The largest absolute Gasteiger partial charge is 0.508 e. The Morgan fingerprint density at radius 2 is 1.46 bits per heavy atom. The van der Waals surface area contributed by atoms with Crippen molar-refractivity contribution in [2.45, 2.75) is 37.4 Å². The summed E-state index contributed by atoms with van der Waals surface area (Å²) in [6, 6.07) is 11.0. The fourth-order valence-electron chi connectivity index (χ4n) is 3.64. The van der Waals surface area contributed by atoms with Crippen LogP contribution in [0.3, 0.4) is 0 Å². The van der Waals surface area contributed by atoms with Crippen molar-refractivity contribution in [2.75, 3.05) is 12.4 Å². The molecule has 3 unspecified atom stereocenters. The number of nitro benzene ring substituents is 2. The number of rotatable bonds is 13. The maximum Gasteiger partial charge on any atom is 0.508 e. The Kier molecular flexibility index (Phi) is 10.5. The van der Waals surface area contributed by atoms with E-state index in [1.807, 2.05) is 6.92 Å². The maximum absolute atomic E-state index is 12.8. The summed E-state index contributed by atoms with van der Waals surface area (Å²) in [7, 11) is 0. The Labute approximate surface area is 231 Å². The Hall–Kier alpha value is -3.91. The molecule has 2 aromatic rings. The molecule has 0 aromatic heterocycles. The normalized spacial score (nSPS) is 17.1. The fraction of sp³-hybridized carbons (Fsp3) is 0.375. The predicted octanol–water partition coefficient (Wildman–Crippen LogP) is 4.39. The van der Waals surface area contributed by atoms with Crippen LogP contribution in [0.2, 0.25) is 0 Å². The van der Waals surface area contributed by atoms with Crippen molar-refractivity contribution in [3.8, 4) is 0 Å². The summed E-state index contributed by atoms with van der Waals surface area (Å²) in [6.45, 7) is 1.46. The zero-order valence-corrected chi connectivity index (χ0v) is 22.2.